The van der Waals surface area contributed by atoms with Gasteiger partial charge in [0.1, 0.15) is 11.9 Å². The van der Waals surface area contributed by atoms with Gasteiger partial charge in [-0.3, -0.25) is 0 Å². The summed E-state index contributed by atoms with van der Waals surface area (Å²) in [4.78, 5) is 0. The first kappa shape index (κ1) is 11.6. The highest BCUT2D eigenvalue weighted by atomic mass is 16.5. The maximum absolute atomic E-state index is 9.72. The Balaban J connectivity index is 2.75. The topological polar surface area (TPSA) is 29.5 Å². The van der Waals surface area contributed by atoms with Crippen LogP contribution in [-0.2, 0) is 0 Å². The molecule has 2 heteroatoms. The highest BCUT2D eigenvalue weighted by Crippen LogP contribution is 2.16. The van der Waals surface area contributed by atoms with Gasteiger partial charge in [-0.05, 0) is 17.7 Å². The summed E-state index contributed by atoms with van der Waals surface area (Å²) < 4.78 is 5.03. The molecule has 1 aromatic rings. The molecule has 0 amide bonds. The third-order valence-corrected chi connectivity index (χ3v) is 1.94. The Bertz CT molecular complexity index is 354. The van der Waals surface area contributed by atoms with Crippen molar-refractivity contribution in [2.75, 3.05) is 7.11 Å². The highest BCUT2D eigenvalue weighted by Gasteiger charge is 2.03. The number of rotatable bonds is 2. The zero-order valence-corrected chi connectivity index (χ0v) is 9.32. The zero-order chi connectivity index (χ0) is 11.3. The fraction of sp³-hybridized carbons (Fsp3) is 0.385. The minimum atomic E-state index is -0.710. The summed E-state index contributed by atoms with van der Waals surface area (Å²) in [7, 11) is 1.62. The quantitative estimate of drug-likeness (QED) is 0.749. The van der Waals surface area contributed by atoms with E-state index in [0.717, 1.165) is 11.3 Å². The molecule has 0 saturated carbocycles. The molecule has 0 aliphatic rings. The molecule has 0 spiro atoms. The van der Waals surface area contributed by atoms with Crippen molar-refractivity contribution in [2.45, 2.75) is 20.0 Å². The molecule has 0 heterocycles. The summed E-state index contributed by atoms with van der Waals surface area (Å²) >= 11 is 0. The molecule has 1 aromatic carbocycles. The summed E-state index contributed by atoms with van der Waals surface area (Å²) in [5.41, 5.74) is 0.795. The van der Waals surface area contributed by atoms with E-state index in [1.54, 1.807) is 7.11 Å². The van der Waals surface area contributed by atoms with Crippen LogP contribution in [0.4, 0.5) is 0 Å². The molecule has 2 nitrogen and oxygen atoms in total. The fourth-order valence-corrected chi connectivity index (χ4v) is 1.12. The Morgan fingerprint density at radius 2 is 1.73 bits per heavy atom. The largest absolute Gasteiger partial charge is 0.497 e. The van der Waals surface area contributed by atoms with Crippen LogP contribution >= 0.6 is 0 Å². The molecular weight excluding hydrogens is 188 g/mol. The van der Waals surface area contributed by atoms with Crippen molar-refractivity contribution in [3.05, 3.63) is 29.8 Å². The first-order valence-corrected chi connectivity index (χ1v) is 4.96. The van der Waals surface area contributed by atoms with Crippen molar-refractivity contribution in [3.8, 4) is 17.6 Å². The van der Waals surface area contributed by atoms with Crippen LogP contribution in [0, 0.1) is 17.8 Å². The molecule has 1 rings (SSSR count). The molecule has 15 heavy (non-hydrogen) atoms. The molecular formula is C13H16O2. The van der Waals surface area contributed by atoms with Crippen molar-refractivity contribution >= 4 is 0 Å². The van der Waals surface area contributed by atoms with E-state index >= 15 is 0 Å². The molecule has 1 unspecified atom stereocenters. The molecule has 0 fully saturated rings. The lowest BCUT2D eigenvalue weighted by atomic mass is 10.1. The lowest BCUT2D eigenvalue weighted by Crippen LogP contribution is -1.94. The Morgan fingerprint density at radius 3 is 2.20 bits per heavy atom. The third-order valence-electron chi connectivity index (χ3n) is 1.94. The summed E-state index contributed by atoms with van der Waals surface area (Å²) in [5, 5.41) is 9.72. The normalized spacial score (nSPS) is 11.8. The minimum Gasteiger partial charge on any atom is -0.497 e. The van der Waals surface area contributed by atoms with Gasteiger partial charge in [0.05, 0.1) is 7.11 Å². The average Bonchev–Trinajstić information content (AvgIpc) is 2.26. The van der Waals surface area contributed by atoms with E-state index in [1.807, 2.05) is 38.1 Å². The second kappa shape index (κ2) is 5.43. The van der Waals surface area contributed by atoms with E-state index in [4.69, 9.17) is 4.74 Å². The highest BCUT2D eigenvalue weighted by molar-refractivity contribution is 5.31. The van der Waals surface area contributed by atoms with E-state index in [2.05, 4.69) is 11.8 Å². The molecule has 80 valence electrons. The Labute approximate surface area is 90.9 Å². The summed E-state index contributed by atoms with van der Waals surface area (Å²) in [6, 6.07) is 7.27. The van der Waals surface area contributed by atoms with Crippen molar-refractivity contribution in [2.24, 2.45) is 5.92 Å². The van der Waals surface area contributed by atoms with Crippen LogP contribution in [0.3, 0.4) is 0 Å². The van der Waals surface area contributed by atoms with Crippen LogP contribution in [-0.4, -0.2) is 12.2 Å². The molecule has 0 bridgehead atoms. The number of aliphatic hydroxyl groups excluding tert-OH is 1. The number of benzene rings is 1. The smallest absolute Gasteiger partial charge is 0.140 e. The van der Waals surface area contributed by atoms with Gasteiger partial charge >= 0.3 is 0 Å². The summed E-state index contributed by atoms with van der Waals surface area (Å²) in [6.07, 6.45) is -0.710. The van der Waals surface area contributed by atoms with Crippen LogP contribution in [0.25, 0.3) is 0 Å². The molecule has 0 aliphatic heterocycles. The first-order valence-electron chi connectivity index (χ1n) is 4.96. The standard InChI is InChI=1S/C13H16O2/c1-10(2)4-9-13(14)11-5-7-12(15-3)8-6-11/h5-8,10,13-14H,1-3H3. The van der Waals surface area contributed by atoms with E-state index in [1.165, 1.54) is 0 Å². The van der Waals surface area contributed by atoms with Crippen LogP contribution in [0.15, 0.2) is 24.3 Å². The second-order valence-corrected chi connectivity index (χ2v) is 3.62. The molecule has 0 aromatic heterocycles. The van der Waals surface area contributed by atoms with E-state index in [9.17, 15) is 5.11 Å². The summed E-state index contributed by atoms with van der Waals surface area (Å²) in [5.74, 6) is 6.80. The van der Waals surface area contributed by atoms with Gasteiger partial charge in [0.15, 0.2) is 0 Å². The maximum atomic E-state index is 9.72. The molecule has 1 N–H and O–H groups in total. The van der Waals surface area contributed by atoms with Gasteiger partial charge in [-0.1, -0.05) is 37.8 Å². The number of ether oxygens (including phenoxy) is 1. The van der Waals surface area contributed by atoms with Gasteiger partial charge in [-0.2, -0.15) is 0 Å². The van der Waals surface area contributed by atoms with Gasteiger partial charge < -0.3 is 9.84 Å². The third kappa shape index (κ3) is 3.65. The first-order chi connectivity index (χ1) is 7.13. The van der Waals surface area contributed by atoms with E-state index in [-0.39, 0.29) is 5.92 Å². The van der Waals surface area contributed by atoms with Gasteiger partial charge in [0.2, 0.25) is 0 Å². The Morgan fingerprint density at radius 1 is 1.13 bits per heavy atom. The van der Waals surface area contributed by atoms with Gasteiger partial charge in [0, 0.05) is 5.92 Å². The predicted molar refractivity (Wildman–Crippen MR) is 60.6 cm³/mol. The Kier molecular flexibility index (Phi) is 4.20. The van der Waals surface area contributed by atoms with Crippen LogP contribution in [0.2, 0.25) is 0 Å². The van der Waals surface area contributed by atoms with Gasteiger partial charge in [-0.25, -0.2) is 0 Å². The molecule has 0 saturated heterocycles. The van der Waals surface area contributed by atoms with Crippen LogP contribution in [0.1, 0.15) is 25.5 Å². The second-order valence-electron chi connectivity index (χ2n) is 3.62. The molecule has 0 radical (unpaired) electrons. The van der Waals surface area contributed by atoms with Crippen molar-refractivity contribution in [1.29, 1.82) is 0 Å². The van der Waals surface area contributed by atoms with Crippen molar-refractivity contribution in [3.63, 3.8) is 0 Å². The SMILES string of the molecule is COc1ccc(C(O)C#CC(C)C)cc1. The number of hydrogen-bond donors (Lipinski definition) is 1. The number of methoxy groups -OCH3 is 1. The summed E-state index contributed by atoms with van der Waals surface area (Å²) in [6.45, 7) is 3.99. The fourth-order valence-electron chi connectivity index (χ4n) is 1.12. The van der Waals surface area contributed by atoms with E-state index in [0.29, 0.717) is 0 Å². The predicted octanol–water partition coefficient (Wildman–Crippen LogP) is 2.39. The van der Waals surface area contributed by atoms with Crippen LogP contribution in [0.5, 0.6) is 5.75 Å². The zero-order valence-electron chi connectivity index (χ0n) is 9.32. The van der Waals surface area contributed by atoms with E-state index < -0.39 is 6.10 Å². The molecule has 1 atom stereocenters. The maximum Gasteiger partial charge on any atom is 0.140 e. The van der Waals surface area contributed by atoms with Crippen LogP contribution < -0.4 is 4.74 Å². The number of aliphatic hydroxyl groups is 1. The average molecular weight is 204 g/mol. The Hall–Kier alpha value is -1.46. The molecule has 0 aliphatic carbocycles. The van der Waals surface area contributed by atoms with Crippen molar-refractivity contribution < 1.29 is 9.84 Å². The lowest BCUT2D eigenvalue weighted by molar-refractivity contribution is 0.238. The van der Waals surface area contributed by atoms with Gasteiger partial charge in [-0.15, -0.1) is 0 Å². The van der Waals surface area contributed by atoms with Gasteiger partial charge in [0.25, 0.3) is 0 Å². The monoisotopic (exact) mass is 204 g/mol. The number of hydrogen-bond acceptors (Lipinski definition) is 2. The minimum absolute atomic E-state index is 0.276. The van der Waals surface area contributed by atoms with Crippen molar-refractivity contribution in [1.82, 2.24) is 0 Å². The lowest BCUT2D eigenvalue weighted by Gasteiger charge is -2.05.